The molecule has 2 unspecified atom stereocenters. The highest BCUT2D eigenvalue weighted by Crippen LogP contribution is 2.27. The van der Waals surface area contributed by atoms with Crippen LogP contribution in [0.5, 0.6) is 0 Å². The highest BCUT2D eigenvalue weighted by Gasteiger charge is 2.31. The molecule has 2 saturated heterocycles. The average molecular weight is 226 g/mol. The molecule has 0 aromatic carbocycles. The number of rotatable bonds is 3. The lowest BCUT2D eigenvalue weighted by Gasteiger charge is -2.41. The molecule has 2 aliphatic rings. The van der Waals surface area contributed by atoms with Crippen LogP contribution in [0.25, 0.3) is 0 Å². The normalized spacial score (nSPS) is 37.5. The maximum atomic E-state index is 5.40. The molecule has 0 amide bonds. The second-order valence-corrected chi connectivity index (χ2v) is 5.61. The molecule has 2 aliphatic heterocycles. The Labute approximate surface area is 99.5 Å². The van der Waals surface area contributed by atoms with Gasteiger partial charge in [-0.05, 0) is 38.6 Å². The van der Waals surface area contributed by atoms with Crippen LogP contribution in [0.2, 0.25) is 0 Å². The highest BCUT2D eigenvalue weighted by molar-refractivity contribution is 4.90. The zero-order chi connectivity index (χ0) is 11.4. The Balaban J connectivity index is 1.80. The third-order valence-corrected chi connectivity index (χ3v) is 4.24. The molecule has 2 rings (SSSR count). The summed E-state index contributed by atoms with van der Waals surface area (Å²) in [5.74, 6) is 0.879. The first kappa shape index (κ1) is 12.3. The fourth-order valence-electron chi connectivity index (χ4n) is 2.96. The lowest BCUT2D eigenvalue weighted by molar-refractivity contribution is 0.0241. The fourth-order valence-corrected chi connectivity index (χ4v) is 2.96. The summed E-state index contributed by atoms with van der Waals surface area (Å²) in [5, 5.41) is 3.67. The number of ether oxygens (including phenoxy) is 1. The zero-order valence-electron chi connectivity index (χ0n) is 10.8. The van der Waals surface area contributed by atoms with Gasteiger partial charge < -0.3 is 10.1 Å². The molecule has 0 spiro atoms. The third-order valence-electron chi connectivity index (χ3n) is 4.24. The number of nitrogens with zero attached hydrogens (tertiary/aromatic N) is 1. The van der Waals surface area contributed by atoms with E-state index in [0.29, 0.717) is 5.54 Å². The standard InChI is InChI=1S/C13H26N2O/c1-3-13(2)10-12(4-5-14-13)11-15-6-8-16-9-7-15/h12,14H,3-11H2,1-2H3. The van der Waals surface area contributed by atoms with Crippen LogP contribution in [0.3, 0.4) is 0 Å². The van der Waals surface area contributed by atoms with Crippen LogP contribution in [-0.2, 0) is 4.74 Å². The van der Waals surface area contributed by atoms with Crippen molar-refractivity contribution in [2.75, 3.05) is 39.4 Å². The maximum absolute atomic E-state index is 5.40. The zero-order valence-corrected chi connectivity index (χ0v) is 10.8. The van der Waals surface area contributed by atoms with Crippen LogP contribution < -0.4 is 5.32 Å². The van der Waals surface area contributed by atoms with E-state index < -0.39 is 0 Å². The molecule has 0 aromatic rings. The number of morpholine rings is 1. The van der Waals surface area contributed by atoms with Crippen molar-refractivity contribution in [1.82, 2.24) is 10.2 Å². The Hall–Kier alpha value is -0.120. The molecule has 2 atom stereocenters. The summed E-state index contributed by atoms with van der Waals surface area (Å²) < 4.78 is 5.40. The van der Waals surface area contributed by atoms with Gasteiger partial charge in [-0.15, -0.1) is 0 Å². The van der Waals surface area contributed by atoms with Gasteiger partial charge in [0.25, 0.3) is 0 Å². The molecule has 0 radical (unpaired) electrons. The molecule has 2 fully saturated rings. The number of hydrogen-bond donors (Lipinski definition) is 1. The second-order valence-electron chi connectivity index (χ2n) is 5.61. The molecular formula is C13H26N2O. The molecule has 3 nitrogen and oxygen atoms in total. The van der Waals surface area contributed by atoms with Crippen LogP contribution in [0.15, 0.2) is 0 Å². The van der Waals surface area contributed by atoms with Crippen molar-refractivity contribution in [1.29, 1.82) is 0 Å². The Morgan fingerprint density at radius 3 is 2.81 bits per heavy atom. The van der Waals surface area contributed by atoms with Crippen LogP contribution in [-0.4, -0.2) is 49.8 Å². The van der Waals surface area contributed by atoms with Crippen molar-refractivity contribution in [3.8, 4) is 0 Å². The van der Waals surface area contributed by atoms with E-state index in [1.807, 2.05) is 0 Å². The van der Waals surface area contributed by atoms with Gasteiger partial charge >= 0.3 is 0 Å². The largest absolute Gasteiger partial charge is 0.379 e. The van der Waals surface area contributed by atoms with E-state index in [4.69, 9.17) is 4.74 Å². The second kappa shape index (κ2) is 5.48. The molecule has 2 heterocycles. The summed E-state index contributed by atoms with van der Waals surface area (Å²) in [6.07, 6.45) is 3.92. The van der Waals surface area contributed by atoms with Crippen LogP contribution >= 0.6 is 0 Å². The van der Waals surface area contributed by atoms with Crippen molar-refractivity contribution >= 4 is 0 Å². The van der Waals surface area contributed by atoms with Crippen LogP contribution in [0.4, 0.5) is 0 Å². The summed E-state index contributed by atoms with van der Waals surface area (Å²) in [6.45, 7) is 11.3. The highest BCUT2D eigenvalue weighted by atomic mass is 16.5. The Kier molecular flexibility index (Phi) is 4.22. The quantitative estimate of drug-likeness (QED) is 0.789. The van der Waals surface area contributed by atoms with Gasteiger partial charge in [0.15, 0.2) is 0 Å². The minimum atomic E-state index is 0.384. The fraction of sp³-hybridized carbons (Fsp3) is 1.00. The van der Waals surface area contributed by atoms with Crippen molar-refractivity contribution in [3.63, 3.8) is 0 Å². The van der Waals surface area contributed by atoms with Gasteiger partial charge in [0.05, 0.1) is 13.2 Å². The van der Waals surface area contributed by atoms with Crippen LogP contribution in [0.1, 0.15) is 33.1 Å². The van der Waals surface area contributed by atoms with Crippen molar-refractivity contribution < 1.29 is 4.74 Å². The molecule has 94 valence electrons. The topological polar surface area (TPSA) is 24.5 Å². The van der Waals surface area contributed by atoms with E-state index in [1.54, 1.807) is 0 Å². The Bertz CT molecular complexity index is 216. The van der Waals surface area contributed by atoms with Gasteiger partial charge in [-0.1, -0.05) is 6.92 Å². The SMILES string of the molecule is CCC1(C)CC(CN2CCOCC2)CCN1. The average Bonchev–Trinajstić information content (AvgIpc) is 2.30. The van der Waals surface area contributed by atoms with Gasteiger partial charge in [0.2, 0.25) is 0 Å². The van der Waals surface area contributed by atoms with Gasteiger partial charge in [-0.2, -0.15) is 0 Å². The van der Waals surface area contributed by atoms with E-state index in [9.17, 15) is 0 Å². The van der Waals surface area contributed by atoms with Crippen molar-refractivity contribution in [2.45, 2.75) is 38.6 Å². The van der Waals surface area contributed by atoms with E-state index in [1.165, 1.54) is 32.4 Å². The molecule has 0 saturated carbocycles. The summed E-state index contributed by atoms with van der Waals surface area (Å²) in [4.78, 5) is 2.58. The van der Waals surface area contributed by atoms with E-state index >= 15 is 0 Å². The monoisotopic (exact) mass is 226 g/mol. The first-order chi connectivity index (χ1) is 7.72. The molecule has 0 aliphatic carbocycles. The molecular weight excluding hydrogens is 200 g/mol. The number of hydrogen-bond acceptors (Lipinski definition) is 3. The molecule has 3 heteroatoms. The summed E-state index contributed by atoms with van der Waals surface area (Å²) in [7, 11) is 0. The Morgan fingerprint density at radius 1 is 1.38 bits per heavy atom. The van der Waals surface area contributed by atoms with E-state index in [-0.39, 0.29) is 0 Å². The van der Waals surface area contributed by atoms with Crippen molar-refractivity contribution in [3.05, 3.63) is 0 Å². The third kappa shape index (κ3) is 3.19. The van der Waals surface area contributed by atoms with Gasteiger partial charge in [-0.25, -0.2) is 0 Å². The molecule has 0 bridgehead atoms. The minimum absolute atomic E-state index is 0.384. The molecule has 16 heavy (non-hydrogen) atoms. The lowest BCUT2D eigenvalue weighted by atomic mass is 9.81. The van der Waals surface area contributed by atoms with E-state index in [2.05, 4.69) is 24.1 Å². The van der Waals surface area contributed by atoms with Crippen LogP contribution in [0, 0.1) is 5.92 Å². The first-order valence-electron chi connectivity index (χ1n) is 6.77. The summed E-state index contributed by atoms with van der Waals surface area (Å²) in [5.41, 5.74) is 0.384. The van der Waals surface area contributed by atoms with Gasteiger partial charge in [0, 0.05) is 25.2 Å². The maximum Gasteiger partial charge on any atom is 0.0594 e. The molecule has 1 N–H and O–H groups in total. The predicted molar refractivity (Wildman–Crippen MR) is 66.7 cm³/mol. The summed E-state index contributed by atoms with van der Waals surface area (Å²) >= 11 is 0. The Morgan fingerprint density at radius 2 is 2.12 bits per heavy atom. The minimum Gasteiger partial charge on any atom is -0.379 e. The van der Waals surface area contributed by atoms with Gasteiger partial charge in [0.1, 0.15) is 0 Å². The number of nitrogens with one attached hydrogen (secondary N) is 1. The first-order valence-corrected chi connectivity index (χ1v) is 6.77. The van der Waals surface area contributed by atoms with Gasteiger partial charge in [-0.3, -0.25) is 4.90 Å². The smallest absolute Gasteiger partial charge is 0.0594 e. The molecule has 0 aromatic heterocycles. The summed E-state index contributed by atoms with van der Waals surface area (Å²) in [6, 6.07) is 0. The predicted octanol–water partition coefficient (Wildman–Crippen LogP) is 1.49. The van der Waals surface area contributed by atoms with E-state index in [0.717, 1.165) is 32.2 Å². The lowest BCUT2D eigenvalue weighted by Crippen LogP contribution is -2.51. The van der Waals surface area contributed by atoms with Crippen molar-refractivity contribution in [2.24, 2.45) is 5.92 Å². The number of piperidine rings is 1.